The molecule has 0 heterocycles. The van der Waals surface area contributed by atoms with Crippen LogP contribution >= 0.6 is 0 Å². The van der Waals surface area contributed by atoms with Crippen LogP contribution in [0, 0.1) is 0 Å². The van der Waals surface area contributed by atoms with Gasteiger partial charge in [0.2, 0.25) is 0 Å². The normalized spacial score (nSPS) is 4.50. The number of hydrogen-bond donors (Lipinski definition) is 0. The fourth-order valence-corrected chi connectivity index (χ4v) is 0. The maximum Gasteiger partial charge on any atom is 1.00 e. The van der Waals surface area contributed by atoms with E-state index in [2.05, 4.69) is 0 Å². The Morgan fingerprint density at radius 2 is 1.17 bits per heavy atom. The van der Waals surface area contributed by atoms with Crippen LogP contribution in [0.1, 0.15) is 0 Å². The van der Waals surface area contributed by atoms with E-state index in [1.54, 1.807) is 0 Å². The minimum Gasteiger partial charge on any atom is -0.867 e. The molecule has 0 saturated heterocycles. The molecule has 0 radical (unpaired) electrons. The first-order valence-electron chi connectivity index (χ1n) is 0.690. The third-order valence-electron chi connectivity index (χ3n) is 0. The predicted octanol–water partition coefficient (Wildman–Crippen LogP) is -2.34. The van der Waals surface area contributed by atoms with E-state index in [0.29, 0.717) is 0 Å². The molecule has 0 fully saturated rings. The molecule has 0 aliphatic rings. The molecule has 0 aromatic heterocycles. The van der Waals surface area contributed by atoms with Crippen molar-refractivity contribution >= 4 is 7.40 Å². The Hall–Kier alpha value is 0.954. The molecule has 0 amide bonds. The molecule has 44 valence electrons. The number of hydrogen-bond acceptors (Lipinski definition) is 2. The zero-order chi connectivity index (χ0) is 3.58. The summed E-state index contributed by atoms with van der Waals surface area (Å²) < 4.78 is 9.89. The second kappa shape index (κ2) is 9.35. The molecule has 0 bridgehead atoms. The van der Waals surface area contributed by atoms with Gasteiger partial charge >= 0.3 is 34.1 Å². The average molecular weight is 189 g/mol. The molecule has 0 spiro atoms. The molecule has 0 aromatic rings. The molecule has 0 aliphatic carbocycles. The van der Waals surface area contributed by atoms with Crippen LogP contribution in [0.2, 0.25) is 0 Å². The van der Waals surface area contributed by atoms with Gasteiger partial charge in [-0.1, -0.05) is 0 Å². The maximum atomic E-state index is 9.89. The van der Waals surface area contributed by atoms with Crippen LogP contribution < -0.4 is 10.0 Å². The van der Waals surface area contributed by atoms with Crippen molar-refractivity contribution in [2.45, 2.75) is 0 Å². The van der Waals surface area contributed by atoms with Crippen LogP contribution in [0.4, 0.5) is 4.32 Å². The Bertz CT molecular complexity index is 16.3. The minimum absolute atomic E-state index is 0. The molecule has 6 heavy (non-hydrogen) atoms. The van der Waals surface area contributed by atoms with E-state index in [4.69, 9.17) is 10.0 Å². The van der Waals surface area contributed by atoms with Gasteiger partial charge in [-0.2, -0.15) is 0 Å². The first kappa shape index (κ1) is 15.8. The summed E-state index contributed by atoms with van der Waals surface area (Å²) in [5.41, 5.74) is 0. The molecule has 0 aliphatic heterocycles. The van der Waals surface area contributed by atoms with Crippen LogP contribution in [0.5, 0.6) is 0 Å². The van der Waals surface area contributed by atoms with Gasteiger partial charge < -0.3 is 14.4 Å². The van der Waals surface area contributed by atoms with Crippen molar-refractivity contribution in [2.75, 3.05) is 0 Å². The first-order chi connectivity index (χ1) is 1.73. The van der Waals surface area contributed by atoms with Crippen LogP contribution in [0.3, 0.4) is 0 Å². The minimum atomic E-state index is -3.17. The SMILES string of the molecule is [Cu+].[Cu+].[O-]B([O-])F. The summed E-state index contributed by atoms with van der Waals surface area (Å²) in [4.78, 5) is 0. The Morgan fingerprint density at radius 1 is 1.17 bits per heavy atom. The Balaban J connectivity index is -0.0000000450. The van der Waals surface area contributed by atoms with Gasteiger partial charge in [0.15, 0.2) is 0 Å². The van der Waals surface area contributed by atoms with Gasteiger partial charge in [0.1, 0.15) is 7.40 Å². The third kappa shape index (κ3) is 85.1. The molecular formula is BCu2FO2. The predicted molar refractivity (Wildman–Crippen MR) is 6.86 cm³/mol. The largest absolute Gasteiger partial charge is 1.00 e. The van der Waals surface area contributed by atoms with E-state index in [9.17, 15) is 4.32 Å². The van der Waals surface area contributed by atoms with Crippen molar-refractivity contribution in [1.82, 2.24) is 0 Å². The van der Waals surface area contributed by atoms with Crippen molar-refractivity contribution < 1.29 is 48.5 Å². The molecule has 0 aromatic carbocycles. The first-order valence-corrected chi connectivity index (χ1v) is 0.690. The van der Waals surface area contributed by atoms with Gasteiger partial charge in [-0.15, -0.1) is 0 Å². The van der Waals surface area contributed by atoms with E-state index in [1.165, 1.54) is 0 Å². The van der Waals surface area contributed by atoms with Crippen molar-refractivity contribution in [3.05, 3.63) is 0 Å². The zero-order valence-corrected chi connectivity index (χ0v) is 4.26. The van der Waals surface area contributed by atoms with Gasteiger partial charge in [0.05, 0.1) is 0 Å². The van der Waals surface area contributed by atoms with Gasteiger partial charge in [-0.05, 0) is 0 Å². The van der Waals surface area contributed by atoms with Crippen LogP contribution in [0.25, 0.3) is 0 Å². The molecule has 2 nitrogen and oxygen atoms in total. The zero-order valence-electron chi connectivity index (χ0n) is 2.37. The maximum absolute atomic E-state index is 9.89. The van der Waals surface area contributed by atoms with Crippen LogP contribution in [0.15, 0.2) is 0 Å². The summed E-state index contributed by atoms with van der Waals surface area (Å²) in [5.74, 6) is 0. The van der Waals surface area contributed by atoms with E-state index in [-0.39, 0.29) is 34.1 Å². The van der Waals surface area contributed by atoms with Crippen molar-refractivity contribution in [3.8, 4) is 0 Å². The van der Waals surface area contributed by atoms with E-state index in [0.717, 1.165) is 0 Å². The Kier molecular flexibility index (Phi) is 24.6. The van der Waals surface area contributed by atoms with Crippen LogP contribution in [-0.2, 0) is 34.1 Å². The van der Waals surface area contributed by atoms with Crippen molar-refractivity contribution in [2.24, 2.45) is 0 Å². The van der Waals surface area contributed by atoms with Crippen LogP contribution in [-0.4, -0.2) is 7.40 Å². The van der Waals surface area contributed by atoms with Gasteiger partial charge in [-0.3, -0.25) is 0 Å². The summed E-state index contributed by atoms with van der Waals surface area (Å²) in [7, 11) is -3.17. The molecule has 0 rings (SSSR count). The number of halogens is 1. The smallest absolute Gasteiger partial charge is 0.867 e. The second-order valence-electron chi connectivity index (χ2n) is 0.274. The molecule has 6 heteroatoms. The number of rotatable bonds is 0. The monoisotopic (exact) mass is 188 g/mol. The fourth-order valence-electron chi connectivity index (χ4n) is 0. The van der Waals surface area contributed by atoms with Crippen molar-refractivity contribution in [1.29, 1.82) is 0 Å². The third-order valence-corrected chi connectivity index (χ3v) is 0. The van der Waals surface area contributed by atoms with E-state index in [1.807, 2.05) is 0 Å². The van der Waals surface area contributed by atoms with Crippen molar-refractivity contribution in [3.63, 3.8) is 0 Å². The van der Waals surface area contributed by atoms with Gasteiger partial charge in [0, 0.05) is 0 Å². The van der Waals surface area contributed by atoms with E-state index >= 15 is 0 Å². The Labute approximate surface area is 56.3 Å². The molecule has 0 N–H and O–H groups in total. The average Bonchev–Trinajstić information content (AvgIpc) is 0.811. The Morgan fingerprint density at radius 3 is 1.17 bits per heavy atom. The van der Waals surface area contributed by atoms with Gasteiger partial charge in [-0.25, -0.2) is 0 Å². The summed E-state index contributed by atoms with van der Waals surface area (Å²) in [5, 5.41) is 16.6. The summed E-state index contributed by atoms with van der Waals surface area (Å²) in [6.07, 6.45) is 0. The summed E-state index contributed by atoms with van der Waals surface area (Å²) in [6.45, 7) is 0. The molecule has 0 unspecified atom stereocenters. The quantitative estimate of drug-likeness (QED) is 0.400. The topological polar surface area (TPSA) is 46.1 Å². The molecule has 0 atom stereocenters. The molecule has 0 saturated carbocycles. The summed E-state index contributed by atoms with van der Waals surface area (Å²) in [6, 6.07) is 0. The van der Waals surface area contributed by atoms with Gasteiger partial charge in [0.25, 0.3) is 0 Å². The summed E-state index contributed by atoms with van der Waals surface area (Å²) >= 11 is 0. The van der Waals surface area contributed by atoms with E-state index < -0.39 is 7.40 Å². The second-order valence-corrected chi connectivity index (χ2v) is 0.274. The standard InChI is InChI=1S/BFO2.2Cu/c2-1(3)4;;/q-2;2*+1. The molecular weight excluding hydrogens is 189 g/mol. The fraction of sp³-hybridized carbons (Fsp3) is 0.